The Bertz CT molecular complexity index is 836. The number of amides is 1. The molecule has 2 aromatic rings. The fraction of sp³-hybridized carbons (Fsp3) is 0.389. The van der Waals surface area contributed by atoms with Crippen molar-refractivity contribution >= 4 is 29.3 Å². The minimum atomic E-state index is -4.62. The number of nitrogens with one attached hydrogen (secondary N) is 2. The number of rotatable bonds is 4. The molecule has 0 bridgehead atoms. The summed E-state index contributed by atoms with van der Waals surface area (Å²) in [4.78, 5) is 19.1. The predicted octanol–water partition coefficient (Wildman–Crippen LogP) is 5.48. The van der Waals surface area contributed by atoms with Gasteiger partial charge in [-0.3, -0.25) is 0 Å². The minimum Gasteiger partial charge on any atom is -0.444 e. The molecule has 1 atom stereocenters. The number of anilines is 2. The molecule has 10 heteroatoms. The van der Waals surface area contributed by atoms with Crippen LogP contribution in [0.15, 0.2) is 30.5 Å². The molecular formula is C18H20ClF3N4O2. The molecule has 0 fully saturated rings. The number of hydrogen-bond acceptors (Lipinski definition) is 5. The maximum Gasteiger partial charge on any atom is 0.420 e. The van der Waals surface area contributed by atoms with Crippen molar-refractivity contribution in [2.24, 2.45) is 0 Å². The largest absolute Gasteiger partial charge is 0.444 e. The molecular weight excluding hydrogens is 397 g/mol. The average Bonchev–Trinajstić information content (AvgIpc) is 2.52. The van der Waals surface area contributed by atoms with Gasteiger partial charge in [-0.15, -0.1) is 0 Å². The zero-order valence-corrected chi connectivity index (χ0v) is 16.4. The first-order valence-electron chi connectivity index (χ1n) is 8.31. The van der Waals surface area contributed by atoms with Crippen LogP contribution in [0.3, 0.4) is 0 Å². The number of nitrogens with zero attached hydrogens (tertiary/aromatic N) is 2. The van der Waals surface area contributed by atoms with Crippen molar-refractivity contribution in [3.05, 3.63) is 46.7 Å². The number of hydrogen-bond donors (Lipinski definition) is 2. The molecule has 1 aromatic heterocycles. The van der Waals surface area contributed by atoms with Gasteiger partial charge >= 0.3 is 12.3 Å². The highest BCUT2D eigenvalue weighted by Crippen LogP contribution is 2.33. The number of aromatic nitrogens is 2. The van der Waals surface area contributed by atoms with Gasteiger partial charge in [-0.1, -0.05) is 23.7 Å². The lowest BCUT2D eigenvalue weighted by atomic mass is 10.1. The lowest BCUT2D eigenvalue weighted by Gasteiger charge is -2.22. The van der Waals surface area contributed by atoms with Crippen LogP contribution in [-0.2, 0) is 10.9 Å². The standard InChI is InChI=1S/C18H20ClF3N4O2/c1-10(24-16(27)28-17(2,3)4)11-5-7-12(8-6-11)25-15-23-9-13(14(19)26-15)18(20,21)22/h5-10H,1-4H3,(H,24,27)(H,23,25,26)/t10-/m1/s1. The quantitative estimate of drug-likeness (QED) is 0.645. The van der Waals surface area contributed by atoms with Gasteiger partial charge in [0, 0.05) is 11.9 Å². The van der Waals surface area contributed by atoms with E-state index in [-0.39, 0.29) is 12.0 Å². The van der Waals surface area contributed by atoms with Gasteiger partial charge in [-0.05, 0) is 45.4 Å². The van der Waals surface area contributed by atoms with Gasteiger partial charge in [0.1, 0.15) is 16.3 Å². The Labute approximate surface area is 165 Å². The van der Waals surface area contributed by atoms with Crippen LogP contribution in [0, 0.1) is 0 Å². The van der Waals surface area contributed by atoms with Gasteiger partial charge in [0.2, 0.25) is 5.95 Å². The Balaban J connectivity index is 2.03. The number of benzene rings is 1. The van der Waals surface area contributed by atoms with Crippen LogP contribution in [0.5, 0.6) is 0 Å². The molecule has 152 valence electrons. The van der Waals surface area contributed by atoms with E-state index in [0.717, 1.165) is 5.56 Å². The van der Waals surface area contributed by atoms with E-state index in [2.05, 4.69) is 20.6 Å². The molecule has 0 saturated carbocycles. The first-order chi connectivity index (χ1) is 12.8. The van der Waals surface area contributed by atoms with E-state index in [1.54, 1.807) is 52.0 Å². The number of alkyl halides is 3. The number of ether oxygens (including phenoxy) is 1. The van der Waals surface area contributed by atoms with E-state index in [1.165, 1.54) is 0 Å². The smallest absolute Gasteiger partial charge is 0.420 e. The van der Waals surface area contributed by atoms with Crippen molar-refractivity contribution < 1.29 is 22.7 Å². The molecule has 0 unspecified atom stereocenters. The van der Waals surface area contributed by atoms with Crippen LogP contribution < -0.4 is 10.6 Å². The topological polar surface area (TPSA) is 76.1 Å². The summed E-state index contributed by atoms with van der Waals surface area (Å²) in [5.74, 6) is -0.0642. The highest BCUT2D eigenvalue weighted by atomic mass is 35.5. The molecule has 1 heterocycles. The highest BCUT2D eigenvalue weighted by molar-refractivity contribution is 6.30. The van der Waals surface area contributed by atoms with E-state index >= 15 is 0 Å². The number of carbonyl (C=O) groups excluding carboxylic acids is 1. The van der Waals surface area contributed by atoms with Crippen LogP contribution in [-0.4, -0.2) is 21.7 Å². The summed E-state index contributed by atoms with van der Waals surface area (Å²) in [6.07, 6.45) is -4.53. The van der Waals surface area contributed by atoms with Gasteiger partial charge in [-0.25, -0.2) is 14.8 Å². The summed E-state index contributed by atoms with van der Waals surface area (Å²) < 4.78 is 43.3. The van der Waals surface area contributed by atoms with Crippen molar-refractivity contribution in [1.29, 1.82) is 0 Å². The van der Waals surface area contributed by atoms with Crippen molar-refractivity contribution in [2.45, 2.75) is 45.5 Å². The first-order valence-corrected chi connectivity index (χ1v) is 8.69. The summed E-state index contributed by atoms with van der Waals surface area (Å²) in [5, 5.41) is 4.81. The van der Waals surface area contributed by atoms with Crippen LogP contribution in [0.4, 0.5) is 29.6 Å². The molecule has 0 radical (unpaired) electrons. The van der Waals surface area contributed by atoms with E-state index in [0.29, 0.717) is 11.9 Å². The summed E-state index contributed by atoms with van der Waals surface area (Å²) in [6.45, 7) is 7.11. The average molecular weight is 417 g/mol. The van der Waals surface area contributed by atoms with Crippen LogP contribution in [0.25, 0.3) is 0 Å². The third kappa shape index (κ3) is 6.26. The molecule has 0 aliphatic rings. The Morgan fingerprint density at radius 3 is 2.29 bits per heavy atom. The summed E-state index contributed by atoms with van der Waals surface area (Å²) >= 11 is 5.58. The molecule has 0 aliphatic carbocycles. The van der Waals surface area contributed by atoms with Crippen molar-refractivity contribution in [3.63, 3.8) is 0 Å². The molecule has 2 N–H and O–H groups in total. The lowest BCUT2D eigenvalue weighted by molar-refractivity contribution is -0.137. The monoisotopic (exact) mass is 416 g/mol. The molecule has 1 aromatic carbocycles. The van der Waals surface area contributed by atoms with E-state index < -0.39 is 28.6 Å². The molecule has 28 heavy (non-hydrogen) atoms. The van der Waals surface area contributed by atoms with Crippen molar-refractivity contribution in [3.8, 4) is 0 Å². The van der Waals surface area contributed by atoms with Gasteiger partial charge < -0.3 is 15.4 Å². The first kappa shape index (κ1) is 21.7. The molecule has 0 aliphatic heterocycles. The molecule has 2 rings (SSSR count). The summed E-state index contributed by atoms with van der Waals surface area (Å²) in [7, 11) is 0. The maximum absolute atomic E-state index is 12.7. The zero-order valence-electron chi connectivity index (χ0n) is 15.7. The number of carbonyl (C=O) groups is 1. The van der Waals surface area contributed by atoms with Gasteiger partial charge in [0.05, 0.1) is 6.04 Å². The zero-order chi connectivity index (χ0) is 21.1. The van der Waals surface area contributed by atoms with Crippen LogP contribution in [0.1, 0.15) is 44.9 Å². The third-order valence-corrected chi connectivity index (χ3v) is 3.74. The second kappa shape index (κ2) is 8.22. The van der Waals surface area contributed by atoms with Crippen LogP contribution >= 0.6 is 11.6 Å². The maximum atomic E-state index is 12.7. The second-order valence-corrected chi connectivity index (χ2v) is 7.37. The summed E-state index contributed by atoms with van der Waals surface area (Å²) in [6, 6.07) is 6.54. The Morgan fingerprint density at radius 1 is 1.18 bits per heavy atom. The molecule has 0 spiro atoms. The number of alkyl carbamates (subject to hydrolysis) is 1. The Hall–Kier alpha value is -2.55. The van der Waals surface area contributed by atoms with Crippen molar-refractivity contribution in [2.75, 3.05) is 5.32 Å². The minimum absolute atomic E-state index is 0.0642. The fourth-order valence-corrected chi connectivity index (χ4v) is 2.40. The fourth-order valence-electron chi connectivity index (χ4n) is 2.16. The van der Waals surface area contributed by atoms with Gasteiger partial charge in [0.15, 0.2) is 0 Å². The Morgan fingerprint density at radius 2 is 1.79 bits per heavy atom. The lowest BCUT2D eigenvalue weighted by Crippen LogP contribution is -2.34. The second-order valence-electron chi connectivity index (χ2n) is 7.01. The van der Waals surface area contributed by atoms with Crippen molar-refractivity contribution in [1.82, 2.24) is 15.3 Å². The SMILES string of the molecule is C[C@@H](NC(=O)OC(C)(C)C)c1ccc(Nc2ncc(C(F)(F)F)c(Cl)n2)cc1. The van der Waals surface area contributed by atoms with Gasteiger partial charge in [-0.2, -0.15) is 13.2 Å². The number of halogens is 4. The van der Waals surface area contributed by atoms with Crippen LogP contribution in [0.2, 0.25) is 5.15 Å². The Kier molecular flexibility index (Phi) is 6.38. The van der Waals surface area contributed by atoms with E-state index in [9.17, 15) is 18.0 Å². The molecule has 0 saturated heterocycles. The normalized spacial score (nSPS) is 13.0. The summed E-state index contributed by atoms with van der Waals surface area (Å²) in [5.41, 5.74) is -0.343. The molecule has 1 amide bonds. The van der Waals surface area contributed by atoms with E-state index in [1.807, 2.05) is 0 Å². The predicted molar refractivity (Wildman–Crippen MR) is 99.6 cm³/mol. The highest BCUT2D eigenvalue weighted by Gasteiger charge is 2.34. The van der Waals surface area contributed by atoms with E-state index in [4.69, 9.17) is 16.3 Å². The van der Waals surface area contributed by atoms with Gasteiger partial charge in [0.25, 0.3) is 0 Å². The molecule has 6 nitrogen and oxygen atoms in total. The third-order valence-electron chi connectivity index (χ3n) is 3.45.